The zero-order chi connectivity index (χ0) is 19.9. The zero-order valence-electron chi connectivity index (χ0n) is 19.7. The van der Waals surface area contributed by atoms with Gasteiger partial charge in [-0.25, -0.2) is 0 Å². The number of rotatable bonds is 5. The molecule has 0 N–H and O–H groups in total. The van der Waals surface area contributed by atoms with Gasteiger partial charge in [-0.3, -0.25) is 0 Å². The Bertz CT molecular complexity index is 571. The monoisotopic (exact) mass is 384 g/mol. The first kappa shape index (κ1) is 21.0. The third kappa shape index (κ3) is 3.54. The van der Waals surface area contributed by atoms with Crippen LogP contribution in [0.1, 0.15) is 118 Å². The second kappa shape index (κ2) is 8.11. The van der Waals surface area contributed by atoms with Crippen LogP contribution in [0.5, 0.6) is 0 Å². The molecule has 3 fully saturated rings. The minimum absolute atomic E-state index is 0.568. The van der Waals surface area contributed by atoms with Gasteiger partial charge in [0.05, 0.1) is 0 Å². The van der Waals surface area contributed by atoms with Crippen LogP contribution in [0.15, 0.2) is 11.6 Å². The van der Waals surface area contributed by atoms with Crippen molar-refractivity contribution in [2.24, 2.45) is 46.3 Å². The summed E-state index contributed by atoms with van der Waals surface area (Å²) in [5.74, 6) is 5.80. The summed E-state index contributed by atoms with van der Waals surface area (Å²) in [5, 5.41) is 0. The van der Waals surface area contributed by atoms with Crippen LogP contribution >= 0.6 is 0 Å². The predicted octanol–water partition coefficient (Wildman–Crippen LogP) is 8.81. The van der Waals surface area contributed by atoms with E-state index in [1.807, 2.05) is 5.57 Å². The predicted molar refractivity (Wildman–Crippen MR) is 122 cm³/mol. The van der Waals surface area contributed by atoms with Gasteiger partial charge in [-0.15, -0.1) is 0 Å². The van der Waals surface area contributed by atoms with Crippen molar-refractivity contribution in [1.82, 2.24) is 0 Å². The topological polar surface area (TPSA) is 0 Å². The molecule has 7 unspecified atom stereocenters. The van der Waals surface area contributed by atoms with Crippen molar-refractivity contribution in [3.05, 3.63) is 11.6 Å². The van der Waals surface area contributed by atoms with Crippen molar-refractivity contribution in [2.75, 3.05) is 0 Å². The quantitative estimate of drug-likeness (QED) is 0.415. The molecule has 4 aliphatic carbocycles. The first-order valence-corrected chi connectivity index (χ1v) is 13.1. The van der Waals surface area contributed by atoms with Crippen molar-refractivity contribution < 1.29 is 0 Å². The Morgan fingerprint density at radius 2 is 1.75 bits per heavy atom. The minimum Gasteiger partial charge on any atom is -0.0845 e. The highest BCUT2D eigenvalue weighted by Gasteiger charge is 2.57. The van der Waals surface area contributed by atoms with Gasteiger partial charge in [0.2, 0.25) is 0 Å². The molecule has 0 bridgehead atoms. The highest BCUT2D eigenvalue weighted by molar-refractivity contribution is 5.24. The molecule has 4 rings (SSSR count). The molecular weight excluding hydrogens is 336 g/mol. The fourth-order valence-corrected chi connectivity index (χ4v) is 8.92. The highest BCUT2D eigenvalue weighted by Crippen LogP contribution is 2.66. The lowest BCUT2D eigenvalue weighted by molar-refractivity contribution is -0.106. The lowest BCUT2D eigenvalue weighted by Gasteiger charge is -2.62. The van der Waals surface area contributed by atoms with Crippen LogP contribution in [0.3, 0.4) is 0 Å². The van der Waals surface area contributed by atoms with Crippen LogP contribution in [0, 0.1) is 46.3 Å². The van der Waals surface area contributed by atoms with E-state index in [9.17, 15) is 0 Å². The third-order valence-electron chi connectivity index (χ3n) is 10.5. The summed E-state index contributed by atoms with van der Waals surface area (Å²) in [7, 11) is 0. The van der Waals surface area contributed by atoms with E-state index >= 15 is 0 Å². The normalized spacial score (nSPS) is 44.3. The highest BCUT2D eigenvalue weighted by atomic mass is 14.6. The molecule has 160 valence electrons. The second-order valence-corrected chi connectivity index (χ2v) is 12.4. The van der Waals surface area contributed by atoms with Gasteiger partial charge in [0.1, 0.15) is 0 Å². The molecule has 4 aliphatic rings. The molecule has 0 aromatic carbocycles. The molecule has 0 saturated heterocycles. The van der Waals surface area contributed by atoms with E-state index in [-0.39, 0.29) is 0 Å². The Morgan fingerprint density at radius 3 is 2.54 bits per heavy atom. The Kier molecular flexibility index (Phi) is 6.08. The molecule has 0 spiro atoms. The molecule has 28 heavy (non-hydrogen) atoms. The second-order valence-electron chi connectivity index (χ2n) is 12.4. The summed E-state index contributed by atoms with van der Waals surface area (Å²) in [5.41, 5.74) is 3.07. The largest absolute Gasteiger partial charge is 0.0845 e. The fourth-order valence-electron chi connectivity index (χ4n) is 8.92. The van der Waals surface area contributed by atoms with Crippen molar-refractivity contribution in [3.63, 3.8) is 0 Å². The van der Waals surface area contributed by atoms with Crippen LogP contribution in [0.25, 0.3) is 0 Å². The molecule has 0 amide bonds. The zero-order valence-corrected chi connectivity index (χ0v) is 19.7. The Labute approximate surface area is 176 Å². The van der Waals surface area contributed by atoms with Crippen LogP contribution in [0.4, 0.5) is 0 Å². The van der Waals surface area contributed by atoms with Gasteiger partial charge in [-0.2, -0.15) is 0 Å². The van der Waals surface area contributed by atoms with Gasteiger partial charge in [-0.05, 0) is 97.7 Å². The number of allylic oxidation sites excluding steroid dienone is 2. The molecule has 3 saturated carbocycles. The lowest BCUT2D eigenvalue weighted by Crippen LogP contribution is -2.54. The van der Waals surface area contributed by atoms with Crippen molar-refractivity contribution in [2.45, 2.75) is 118 Å². The van der Waals surface area contributed by atoms with Gasteiger partial charge < -0.3 is 0 Å². The lowest BCUT2D eigenvalue weighted by atomic mass is 9.43. The van der Waals surface area contributed by atoms with Gasteiger partial charge in [0.15, 0.2) is 0 Å². The van der Waals surface area contributed by atoms with Gasteiger partial charge in [0.25, 0.3) is 0 Å². The average Bonchev–Trinajstić information content (AvgIpc) is 2.66. The molecule has 0 nitrogen and oxygen atoms in total. The minimum atomic E-state index is 0.568. The van der Waals surface area contributed by atoms with E-state index in [0.29, 0.717) is 10.8 Å². The van der Waals surface area contributed by atoms with Crippen LogP contribution < -0.4 is 0 Å². The molecule has 7 atom stereocenters. The van der Waals surface area contributed by atoms with Gasteiger partial charge in [-0.1, -0.05) is 78.4 Å². The van der Waals surface area contributed by atoms with E-state index < -0.39 is 0 Å². The fraction of sp³-hybridized carbons (Fsp3) is 0.929. The summed E-state index contributed by atoms with van der Waals surface area (Å²) in [6.45, 7) is 12.8. The van der Waals surface area contributed by atoms with Crippen LogP contribution in [-0.2, 0) is 0 Å². The molecule has 0 aromatic heterocycles. The van der Waals surface area contributed by atoms with Gasteiger partial charge in [0, 0.05) is 0 Å². The molecule has 0 heterocycles. The van der Waals surface area contributed by atoms with Crippen molar-refractivity contribution in [1.29, 1.82) is 0 Å². The summed E-state index contributed by atoms with van der Waals surface area (Å²) >= 11 is 0. The number of fused-ring (bicyclic) bond motifs is 5. The standard InChI is InChI=1S/C28H48/c1-20(2)10-8-11-21(3)24-13-9-14-25-23-16-15-22-12-6-7-18-27(22,4)26(23)17-19-28(24,25)5/h15,20-21,23-26H,6-14,16-19H2,1-5H3. The molecule has 0 aromatic rings. The third-order valence-corrected chi connectivity index (χ3v) is 10.5. The number of hydrogen-bond donors (Lipinski definition) is 0. The smallest absolute Gasteiger partial charge is 0.00853 e. The molecule has 0 heteroatoms. The maximum atomic E-state index is 2.75. The number of hydrogen-bond acceptors (Lipinski definition) is 0. The molecule has 0 aliphatic heterocycles. The molecule has 0 radical (unpaired) electrons. The average molecular weight is 385 g/mol. The van der Waals surface area contributed by atoms with E-state index in [0.717, 1.165) is 35.5 Å². The van der Waals surface area contributed by atoms with Gasteiger partial charge >= 0.3 is 0 Å². The maximum absolute atomic E-state index is 2.75. The maximum Gasteiger partial charge on any atom is -0.00853 e. The first-order valence-electron chi connectivity index (χ1n) is 13.1. The summed E-state index contributed by atoms with van der Waals surface area (Å²) in [4.78, 5) is 0. The Balaban J connectivity index is 1.52. The summed E-state index contributed by atoms with van der Waals surface area (Å²) in [6, 6.07) is 0. The van der Waals surface area contributed by atoms with Crippen LogP contribution in [-0.4, -0.2) is 0 Å². The van der Waals surface area contributed by atoms with E-state index in [1.54, 1.807) is 0 Å². The van der Waals surface area contributed by atoms with Crippen LogP contribution in [0.2, 0.25) is 0 Å². The molecular formula is C28H48. The Morgan fingerprint density at radius 1 is 0.929 bits per heavy atom. The first-order chi connectivity index (χ1) is 13.4. The van der Waals surface area contributed by atoms with Crippen molar-refractivity contribution >= 4 is 0 Å². The van der Waals surface area contributed by atoms with Crippen molar-refractivity contribution in [3.8, 4) is 0 Å². The van der Waals surface area contributed by atoms with E-state index in [1.165, 1.54) is 83.5 Å². The van der Waals surface area contributed by atoms with E-state index in [4.69, 9.17) is 0 Å². The SMILES string of the molecule is CC(C)CCCC(C)C1CCCC2C3CC=C4CCCCC4(C)C3CCC12C. The Hall–Kier alpha value is -0.260. The summed E-state index contributed by atoms with van der Waals surface area (Å²) < 4.78 is 0. The summed E-state index contributed by atoms with van der Waals surface area (Å²) in [6.07, 6.45) is 22.0. The van der Waals surface area contributed by atoms with E-state index in [2.05, 4.69) is 40.7 Å².